The maximum Gasteiger partial charge on any atom is 0.355 e. The van der Waals surface area contributed by atoms with Crippen LogP contribution >= 0.6 is 0 Å². The van der Waals surface area contributed by atoms with Gasteiger partial charge in [0.25, 0.3) is 8.32 Å². The maximum absolute atomic E-state index is 16.0. The van der Waals surface area contributed by atoms with Crippen molar-refractivity contribution in [2.24, 2.45) is 0 Å². The topological polar surface area (TPSA) is 86.5 Å². The van der Waals surface area contributed by atoms with Crippen LogP contribution in [0.3, 0.4) is 0 Å². The van der Waals surface area contributed by atoms with Gasteiger partial charge in [0.15, 0.2) is 11.6 Å². The summed E-state index contributed by atoms with van der Waals surface area (Å²) in [5, 5.41) is 2.88. The Bertz CT molecular complexity index is 1660. The molecule has 0 spiro atoms. The molecule has 0 aliphatic heterocycles. The summed E-state index contributed by atoms with van der Waals surface area (Å²) in [5.41, 5.74) is 0.315. The first-order valence-electron chi connectivity index (χ1n) is 14.4. The quantitative estimate of drug-likeness (QED) is 0.114. The predicted molar refractivity (Wildman–Crippen MR) is 171 cm³/mol. The standard InChI is InChI=1S/C34H39F2N3O4Si/c1-33(2,3)42-32(40)27(20-23-14-12-18-41-23)39-31-26(19-22-13-9-10-16-25(22)35)38-28(21-37-31)24-15-11-17-29(30(24)36)43-44(7,8)34(4,5)6/h9-18,20-21H,19H2,1-8H3,(H,37,39)/b27-20-. The fourth-order valence-corrected chi connectivity index (χ4v) is 4.96. The number of ether oxygens (including phenoxy) is 1. The van der Waals surface area contributed by atoms with E-state index in [0.717, 1.165) is 0 Å². The fraction of sp³-hybridized carbons (Fsp3) is 0.324. The molecule has 0 fully saturated rings. The lowest BCUT2D eigenvalue weighted by Gasteiger charge is -2.36. The molecule has 7 nitrogen and oxygen atoms in total. The average molecular weight is 620 g/mol. The maximum atomic E-state index is 16.0. The number of nitrogens with zero attached hydrogens (tertiary/aromatic N) is 2. The van der Waals surface area contributed by atoms with Gasteiger partial charge in [0.1, 0.15) is 28.6 Å². The summed E-state index contributed by atoms with van der Waals surface area (Å²) in [6.45, 7) is 15.6. The van der Waals surface area contributed by atoms with E-state index in [1.165, 1.54) is 24.6 Å². The van der Waals surface area contributed by atoms with Crippen LogP contribution in [0.4, 0.5) is 14.6 Å². The number of aromatic nitrogens is 2. The fourth-order valence-electron chi connectivity index (χ4n) is 3.94. The lowest BCUT2D eigenvalue weighted by Crippen LogP contribution is -2.44. The van der Waals surface area contributed by atoms with Crippen molar-refractivity contribution in [2.45, 2.75) is 71.7 Å². The van der Waals surface area contributed by atoms with Gasteiger partial charge in [0.2, 0.25) is 0 Å². The Labute approximate surface area is 258 Å². The number of esters is 1. The second-order valence-electron chi connectivity index (χ2n) is 13.0. The molecule has 0 radical (unpaired) electrons. The van der Waals surface area contributed by atoms with E-state index >= 15 is 4.39 Å². The Morgan fingerprint density at radius 1 is 1.00 bits per heavy atom. The van der Waals surface area contributed by atoms with Gasteiger partial charge in [0, 0.05) is 18.1 Å². The van der Waals surface area contributed by atoms with E-state index in [1.54, 1.807) is 69.3 Å². The number of carbonyl (C=O) groups is 1. The molecule has 4 rings (SSSR count). The van der Waals surface area contributed by atoms with Crippen molar-refractivity contribution in [3.05, 3.63) is 101 Å². The van der Waals surface area contributed by atoms with Crippen molar-refractivity contribution >= 4 is 26.2 Å². The molecule has 44 heavy (non-hydrogen) atoms. The number of rotatable bonds is 9. The molecule has 232 valence electrons. The van der Waals surface area contributed by atoms with Crippen molar-refractivity contribution in [1.29, 1.82) is 0 Å². The molecule has 0 aliphatic carbocycles. The van der Waals surface area contributed by atoms with Crippen molar-refractivity contribution in [3.8, 4) is 17.0 Å². The minimum Gasteiger partial charge on any atom is -0.542 e. The third-order valence-electron chi connectivity index (χ3n) is 7.27. The Morgan fingerprint density at radius 3 is 2.36 bits per heavy atom. The van der Waals surface area contributed by atoms with Gasteiger partial charge in [-0.25, -0.2) is 23.5 Å². The number of hydrogen-bond acceptors (Lipinski definition) is 7. The summed E-state index contributed by atoms with van der Waals surface area (Å²) in [6.07, 6.45) is 4.38. The van der Waals surface area contributed by atoms with E-state index in [-0.39, 0.29) is 45.7 Å². The zero-order valence-electron chi connectivity index (χ0n) is 26.4. The van der Waals surface area contributed by atoms with Crippen LogP contribution in [0.25, 0.3) is 17.3 Å². The van der Waals surface area contributed by atoms with Crippen molar-refractivity contribution in [1.82, 2.24) is 9.97 Å². The highest BCUT2D eigenvalue weighted by Crippen LogP contribution is 2.39. The third kappa shape index (κ3) is 7.99. The van der Waals surface area contributed by atoms with Gasteiger partial charge in [0.05, 0.1) is 23.8 Å². The van der Waals surface area contributed by atoms with Gasteiger partial charge in [-0.05, 0) is 74.8 Å². The van der Waals surface area contributed by atoms with Crippen LogP contribution in [0, 0.1) is 11.6 Å². The van der Waals surface area contributed by atoms with Crippen LogP contribution in [-0.4, -0.2) is 29.9 Å². The second kappa shape index (κ2) is 12.7. The number of carbonyl (C=O) groups excluding carboxylic acids is 1. The summed E-state index contributed by atoms with van der Waals surface area (Å²) in [6, 6.07) is 14.6. The number of hydrogen-bond donors (Lipinski definition) is 1. The molecule has 2 heterocycles. The molecular weight excluding hydrogens is 580 g/mol. The second-order valence-corrected chi connectivity index (χ2v) is 17.7. The predicted octanol–water partition coefficient (Wildman–Crippen LogP) is 8.78. The van der Waals surface area contributed by atoms with E-state index in [0.29, 0.717) is 11.3 Å². The van der Waals surface area contributed by atoms with E-state index in [9.17, 15) is 9.18 Å². The van der Waals surface area contributed by atoms with Crippen LogP contribution in [0.1, 0.15) is 58.6 Å². The smallest absolute Gasteiger partial charge is 0.355 e. The number of halogens is 2. The van der Waals surface area contributed by atoms with Crippen LogP contribution < -0.4 is 9.74 Å². The number of anilines is 1. The van der Waals surface area contributed by atoms with Gasteiger partial charge < -0.3 is 18.9 Å². The SMILES string of the molecule is CC(C)(C)OC(=O)/C(=C/c1ccco1)Nc1ncc(-c2cccc(O[Si](C)(C)C(C)(C)C)c2F)nc1Cc1ccccc1F. The third-order valence-corrected chi connectivity index (χ3v) is 11.6. The number of nitrogens with one attached hydrogen (secondary N) is 1. The minimum atomic E-state index is -2.34. The average Bonchev–Trinajstić information content (AvgIpc) is 3.43. The first-order chi connectivity index (χ1) is 20.5. The van der Waals surface area contributed by atoms with Gasteiger partial charge in [-0.3, -0.25) is 0 Å². The van der Waals surface area contributed by atoms with Crippen molar-refractivity contribution < 1.29 is 27.2 Å². The zero-order valence-corrected chi connectivity index (χ0v) is 27.4. The minimum absolute atomic E-state index is 0.0139. The van der Waals surface area contributed by atoms with Crippen LogP contribution in [-0.2, 0) is 16.0 Å². The van der Waals surface area contributed by atoms with E-state index in [4.69, 9.17) is 18.6 Å². The van der Waals surface area contributed by atoms with E-state index in [1.807, 2.05) is 13.1 Å². The molecule has 0 aliphatic rings. The van der Waals surface area contributed by atoms with Crippen LogP contribution in [0.5, 0.6) is 5.75 Å². The lowest BCUT2D eigenvalue weighted by atomic mass is 10.1. The first kappa shape index (κ1) is 32.6. The summed E-state index contributed by atoms with van der Waals surface area (Å²) >= 11 is 0. The van der Waals surface area contributed by atoms with Crippen LogP contribution in [0.15, 0.2) is 77.2 Å². The first-order valence-corrected chi connectivity index (χ1v) is 17.3. The zero-order chi connectivity index (χ0) is 32.3. The molecule has 0 saturated carbocycles. The monoisotopic (exact) mass is 619 g/mol. The van der Waals surface area contributed by atoms with Crippen molar-refractivity contribution in [2.75, 3.05) is 5.32 Å². The highest BCUT2D eigenvalue weighted by molar-refractivity contribution is 6.74. The van der Waals surface area contributed by atoms with E-state index in [2.05, 4.69) is 31.1 Å². The van der Waals surface area contributed by atoms with Gasteiger partial charge >= 0.3 is 5.97 Å². The number of furan rings is 1. The Kier molecular flexibility index (Phi) is 9.43. The van der Waals surface area contributed by atoms with Crippen molar-refractivity contribution in [3.63, 3.8) is 0 Å². The summed E-state index contributed by atoms with van der Waals surface area (Å²) in [5.74, 6) is -0.925. The molecule has 10 heteroatoms. The molecule has 4 aromatic rings. The molecule has 2 aromatic heterocycles. The molecule has 0 unspecified atom stereocenters. The highest BCUT2D eigenvalue weighted by Gasteiger charge is 2.39. The molecule has 0 atom stereocenters. The molecule has 0 bridgehead atoms. The van der Waals surface area contributed by atoms with Crippen LogP contribution in [0.2, 0.25) is 18.1 Å². The summed E-state index contributed by atoms with van der Waals surface area (Å²) in [4.78, 5) is 22.5. The largest absolute Gasteiger partial charge is 0.542 e. The molecule has 2 aromatic carbocycles. The molecule has 1 N–H and O–H groups in total. The van der Waals surface area contributed by atoms with E-state index < -0.39 is 31.5 Å². The molecule has 0 amide bonds. The molecule has 0 saturated heterocycles. The Balaban J connectivity index is 1.80. The number of benzene rings is 2. The normalized spacial score (nSPS) is 12.6. The Morgan fingerprint density at radius 2 is 1.73 bits per heavy atom. The Hall–Kier alpha value is -4.31. The van der Waals surface area contributed by atoms with Gasteiger partial charge in [-0.15, -0.1) is 0 Å². The van der Waals surface area contributed by atoms with Gasteiger partial charge in [-0.1, -0.05) is 45.0 Å². The molecular formula is C34H39F2N3O4Si. The van der Waals surface area contributed by atoms with Gasteiger partial charge in [-0.2, -0.15) is 0 Å². The summed E-state index contributed by atoms with van der Waals surface area (Å²) < 4.78 is 48.1. The summed E-state index contributed by atoms with van der Waals surface area (Å²) in [7, 11) is -2.34. The highest BCUT2D eigenvalue weighted by atomic mass is 28.4. The lowest BCUT2D eigenvalue weighted by molar-refractivity contribution is -0.149.